The van der Waals surface area contributed by atoms with Gasteiger partial charge in [0.05, 0.1) is 33.7 Å². The molecule has 0 radical (unpaired) electrons. The summed E-state index contributed by atoms with van der Waals surface area (Å²) in [6.07, 6.45) is 2.13. The molecule has 94 valence electrons. The van der Waals surface area contributed by atoms with Gasteiger partial charge >= 0.3 is 5.97 Å². The third kappa shape index (κ3) is 2.95. The summed E-state index contributed by atoms with van der Waals surface area (Å²) in [5.41, 5.74) is 0. The summed E-state index contributed by atoms with van der Waals surface area (Å²) >= 11 is 0. The smallest absolute Gasteiger partial charge is 0.311 e. The number of nitrogens with zero attached hydrogens (tertiary/aromatic N) is 1. The Morgan fingerprint density at radius 3 is 2.50 bits per heavy atom. The first-order chi connectivity index (χ1) is 7.38. The highest BCUT2D eigenvalue weighted by atomic mass is 16.5. The molecule has 0 saturated heterocycles. The van der Waals surface area contributed by atoms with Crippen molar-refractivity contribution in [2.75, 3.05) is 27.7 Å². The number of rotatable bonds is 3. The largest absolute Gasteiger partial charge is 0.466 e. The Morgan fingerprint density at radius 2 is 2.00 bits per heavy atom. The molecule has 1 aliphatic rings. The van der Waals surface area contributed by atoms with Crippen LogP contribution >= 0.6 is 0 Å². The molecule has 0 aromatic rings. The summed E-state index contributed by atoms with van der Waals surface area (Å²) in [6, 6.07) is 0.128. The summed E-state index contributed by atoms with van der Waals surface area (Å²) in [6.45, 7) is 2.18. The van der Waals surface area contributed by atoms with Gasteiger partial charge in [0.25, 0.3) is 0 Å². The van der Waals surface area contributed by atoms with Crippen LogP contribution < -0.4 is 0 Å². The van der Waals surface area contributed by atoms with E-state index in [1.165, 1.54) is 0 Å². The van der Waals surface area contributed by atoms with Gasteiger partial charge in [-0.15, -0.1) is 0 Å². The molecule has 16 heavy (non-hydrogen) atoms. The summed E-state index contributed by atoms with van der Waals surface area (Å²) in [5.74, 6) is -0.579. The first kappa shape index (κ1) is 13.5. The fourth-order valence-electron chi connectivity index (χ4n) is 2.51. The minimum absolute atomic E-state index is 0.128. The highest BCUT2D eigenvalue weighted by Crippen LogP contribution is 2.30. The zero-order valence-corrected chi connectivity index (χ0v) is 10.8. The lowest BCUT2D eigenvalue weighted by Gasteiger charge is -2.42. The average molecular weight is 230 g/mol. The maximum absolute atomic E-state index is 11.7. The lowest BCUT2D eigenvalue weighted by molar-refractivity contribution is -0.901. The van der Waals surface area contributed by atoms with Gasteiger partial charge in [0, 0.05) is 6.42 Å². The molecular formula is C12H24NO3+. The number of aliphatic hydroxyl groups excluding tert-OH is 1. The third-order valence-electron chi connectivity index (χ3n) is 3.41. The van der Waals surface area contributed by atoms with E-state index in [1.54, 1.807) is 6.92 Å². The van der Waals surface area contributed by atoms with Gasteiger partial charge in [-0.3, -0.25) is 4.79 Å². The van der Waals surface area contributed by atoms with E-state index in [-0.39, 0.29) is 17.9 Å². The minimum atomic E-state index is -0.576. The van der Waals surface area contributed by atoms with E-state index < -0.39 is 6.10 Å². The number of aliphatic hydroxyl groups is 1. The number of carbonyl (C=O) groups is 1. The van der Waals surface area contributed by atoms with Crippen molar-refractivity contribution in [1.29, 1.82) is 0 Å². The topological polar surface area (TPSA) is 46.5 Å². The number of likely N-dealkylation sites (N-methyl/N-ethyl adjacent to an activating group) is 1. The number of carbonyl (C=O) groups excluding carboxylic acids is 1. The van der Waals surface area contributed by atoms with Gasteiger partial charge in [0.1, 0.15) is 12.1 Å². The zero-order chi connectivity index (χ0) is 12.3. The molecule has 0 unspecified atom stereocenters. The summed E-state index contributed by atoms with van der Waals surface area (Å²) in [7, 11) is 6.17. The zero-order valence-electron chi connectivity index (χ0n) is 10.8. The molecule has 4 nitrogen and oxygen atoms in total. The molecule has 0 amide bonds. The van der Waals surface area contributed by atoms with Crippen LogP contribution in [-0.4, -0.2) is 55.5 Å². The predicted molar refractivity (Wildman–Crippen MR) is 61.8 cm³/mol. The molecule has 1 fully saturated rings. The molecule has 1 N–H and O–H groups in total. The molecule has 0 aromatic carbocycles. The lowest BCUT2D eigenvalue weighted by Crippen LogP contribution is -2.56. The summed E-state index contributed by atoms with van der Waals surface area (Å²) in [5, 5.41) is 10.2. The van der Waals surface area contributed by atoms with Crippen molar-refractivity contribution in [3.8, 4) is 0 Å². The quantitative estimate of drug-likeness (QED) is 0.576. The minimum Gasteiger partial charge on any atom is -0.466 e. The normalized spacial score (nSPS) is 31.2. The lowest BCUT2D eigenvalue weighted by atomic mass is 9.81. The van der Waals surface area contributed by atoms with Crippen molar-refractivity contribution in [1.82, 2.24) is 0 Å². The van der Waals surface area contributed by atoms with E-state index in [0.717, 1.165) is 19.3 Å². The van der Waals surface area contributed by atoms with Gasteiger partial charge in [-0.1, -0.05) is 0 Å². The Kier molecular flexibility index (Phi) is 4.33. The molecule has 4 heteroatoms. The van der Waals surface area contributed by atoms with Crippen LogP contribution in [0.25, 0.3) is 0 Å². The second-order valence-corrected chi connectivity index (χ2v) is 5.46. The molecule has 0 bridgehead atoms. The average Bonchev–Trinajstić information content (AvgIpc) is 2.16. The Hall–Kier alpha value is -0.610. The van der Waals surface area contributed by atoms with Crippen LogP contribution in [0.2, 0.25) is 0 Å². The van der Waals surface area contributed by atoms with Crippen LogP contribution in [-0.2, 0) is 9.53 Å². The number of hydrogen-bond acceptors (Lipinski definition) is 3. The Labute approximate surface area is 97.8 Å². The van der Waals surface area contributed by atoms with Crippen LogP contribution in [0, 0.1) is 5.92 Å². The number of esters is 1. The Bertz CT molecular complexity index is 247. The monoisotopic (exact) mass is 230 g/mol. The summed E-state index contributed by atoms with van der Waals surface area (Å²) < 4.78 is 5.70. The van der Waals surface area contributed by atoms with Crippen molar-refractivity contribution in [3.63, 3.8) is 0 Å². The maximum atomic E-state index is 11.7. The number of ether oxygens (including phenoxy) is 1. The van der Waals surface area contributed by atoms with Crippen molar-refractivity contribution < 1.29 is 19.1 Å². The van der Waals surface area contributed by atoms with Crippen LogP contribution in [0.5, 0.6) is 0 Å². The van der Waals surface area contributed by atoms with Crippen molar-refractivity contribution in [3.05, 3.63) is 0 Å². The second-order valence-electron chi connectivity index (χ2n) is 5.46. The predicted octanol–water partition coefficient (Wildman–Crippen LogP) is 0.785. The van der Waals surface area contributed by atoms with Gasteiger partial charge in [0.2, 0.25) is 0 Å². The molecule has 1 aliphatic carbocycles. The fourth-order valence-corrected chi connectivity index (χ4v) is 2.51. The first-order valence-electron chi connectivity index (χ1n) is 6.03. The van der Waals surface area contributed by atoms with E-state index in [4.69, 9.17) is 4.74 Å². The van der Waals surface area contributed by atoms with Crippen molar-refractivity contribution in [2.45, 2.75) is 38.3 Å². The number of hydrogen-bond donors (Lipinski definition) is 1. The van der Waals surface area contributed by atoms with Gasteiger partial charge < -0.3 is 14.3 Å². The molecule has 1 rings (SSSR count). The summed E-state index contributed by atoms with van der Waals surface area (Å²) in [4.78, 5) is 11.7. The van der Waals surface area contributed by atoms with E-state index in [9.17, 15) is 9.90 Å². The highest BCUT2D eigenvalue weighted by Gasteiger charge is 2.43. The maximum Gasteiger partial charge on any atom is 0.311 e. The molecular weight excluding hydrogens is 206 g/mol. The molecule has 1 saturated carbocycles. The van der Waals surface area contributed by atoms with Gasteiger partial charge in [0.15, 0.2) is 0 Å². The standard InChI is InChI=1S/C12H24NO3/c1-5-16-12(15)9-7-6-8-10(11(9)14)13(2,3)4/h9-11,14H,5-8H2,1-4H3/q+1/t9-,10+,11-/m0/s1. The molecule has 0 aromatic heterocycles. The van der Waals surface area contributed by atoms with E-state index >= 15 is 0 Å². The van der Waals surface area contributed by atoms with Crippen LogP contribution in [0.4, 0.5) is 0 Å². The first-order valence-corrected chi connectivity index (χ1v) is 6.03. The SMILES string of the molecule is CCOC(=O)[C@H]1CCC[C@@H]([N+](C)(C)C)[C@H]1O. The molecule has 0 spiro atoms. The third-order valence-corrected chi connectivity index (χ3v) is 3.41. The van der Waals surface area contributed by atoms with Crippen molar-refractivity contribution >= 4 is 5.97 Å². The van der Waals surface area contributed by atoms with E-state index in [2.05, 4.69) is 21.1 Å². The van der Waals surface area contributed by atoms with E-state index in [1.807, 2.05) is 0 Å². The second kappa shape index (κ2) is 5.15. The van der Waals surface area contributed by atoms with Crippen LogP contribution in [0.15, 0.2) is 0 Å². The molecule has 0 aliphatic heterocycles. The van der Waals surface area contributed by atoms with E-state index in [0.29, 0.717) is 11.1 Å². The highest BCUT2D eigenvalue weighted by molar-refractivity contribution is 5.73. The number of quaternary nitrogens is 1. The Balaban J connectivity index is 2.71. The van der Waals surface area contributed by atoms with Crippen LogP contribution in [0.3, 0.4) is 0 Å². The fraction of sp³-hybridized carbons (Fsp3) is 0.917. The van der Waals surface area contributed by atoms with Gasteiger partial charge in [-0.05, 0) is 19.8 Å². The van der Waals surface area contributed by atoms with Crippen LogP contribution in [0.1, 0.15) is 26.2 Å². The molecule has 0 heterocycles. The molecule has 3 atom stereocenters. The Morgan fingerprint density at radius 1 is 1.38 bits per heavy atom. The van der Waals surface area contributed by atoms with Crippen molar-refractivity contribution in [2.24, 2.45) is 5.92 Å². The van der Waals surface area contributed by atoms with Gasteiger partial charge in [-0.2, -0.15) is 0 Å². The van der Waals surface area contributed by atoms with Gasteiger partial charge in [-0.25, -0.2) is 0 Å².